The fraction of sp³-hybridized carbons (Fsp3) is 0.733. The fourth-order valence-electron chi connectivity index (χ4n) is 3.41. The summed E-state index contributed by atoms with van der Waals surface area (Å²) < 4.78 is 1.96. The molecule has 126 valence electrons. The molecule has 8 nitrogen and oxygen atoms in total. The van der Waals surface area contributed by atoms with Crippen molar-refractivity contribution in [2.24, 2.45) is 5.92 Å². The summed E-state index contributed by atoms with van der Waals surface area (Å²) in [4.78, 5) is 31.6. The van der Waals surface area contributed by atoms with Gasteiger partial charge in [0, 0.05) is 26.2 Å². The van der Waals surface area contributed by atoms with Crippen LogP contribution in [0.15, 0.2) is 0 Å². The number of rotatable bonds is 4. The first kappa shape index (κ1) is 15.9. The molecule has 0 saturated carbocycles. The number of amides is 3. The summed E-state index contributed by atoms with van der Waals surface area (Å²) in [5, 5.41) is 7.09. The van der Waals surface area contributed by atoms with E-state index < -0.39 is 0 Å². The molecule has 1 N–H and O–H groups in total. The van der Waals surface area contributed by atoms with E-state index in [0.29, 0.717) is 25.6 Å². The van der Waals surface area contributed by atoms with Crippen LogP contribution in [0.2, 0.25) is 0 Å². The van der Waals surface area contributed by atoms with Crippen LogP contribution in [-0.4, -0.2) is 69.2 Å². The van der Waals surface area contributed by atoms with Crippen LogP contribution >= 0.6 is 0 Å². The second kappa shape index (κ2) is 6.66. The van der Waals surface area contributed by atoms with Gasteiger partial charge in [-0.15, -0.1) is 0 Å². The minimum absolute atomic E-state index is 0.103. The first-order chi connectivity index (χ1) is 11.0. The van der Waals surface area contributed by atoms with Crippen molar-refractivity contribution in [1.29, 1.82) is 0 Å². The third kappa shape index (κ3) is 3.69. The van der Waals surface area contributed by atoms with Crippen molar-refractivity contribution in [2.45, 2.75) is 33.2 Å². The van der Waals surface area contributed by atoms with Crippen LogP contribution in [-0.2, 0) is 11.3 Å². The van der Waals surface area contributed by atoms with Crippen molar-refractivity contribution in [3.05, 3.63) is 11.6 Å². The molecule has 2 aliphatic heterocycles. The summed E-state index contributed by atoms with van der Waals surface area (Å²) in [7, 11) is 0. The average molecular weight is 320 g/mol. The Morgan fingerprint density at radius 3 is 2.83 bits per heavy atom. The van der Waals surface area contributed by atoms with E-state index >= 15 is 0 Å². The summed E-state index contributed by atoms with van der Waals surface area (Å²) >= 11 is 0. The topological polar surface area (TPSA) is 83.4 Å². The lowest BCUT2D eigenvalue weighted by Crippen LogP contribution is -2.45. The minimum Gasteiger partial charge on any atom is -0.336 e. The van der Waals surface area contributed by atoms with Gasteiger partial charge in [-0.25, -0.2) is 14.5 Å². The van der Waals surface area contributed by atoms with Gasteiger partial charge in [0.05, 0.1) is 6.54 Å². The van der Waals surface area contributed by atoms with Gasteiger partial charge in [0.2, 0.25) is 5.91 Å². The zero-order valence-electron chi connectivity index (χ0n) is 13.8. The van der Waals surface area contributed by atoms with Crippen molar-refractivity contribution in [3.63, 3.8) is 0 Å². The van der Waals surface area contributed by atoms with Gasteiger partial charge in [0.15, 0.2) is 0 Å². The Hall–Kier alpha value is -1.96. The van der Waals surface area contributed by atoms with E-state index in [1.807, 2.05) is 18.5 Å². The molecule has 0 spiro atoms. The van der Waals surface area contributed by atoms with E-state index in [1.54, 1.807) is 0 Å². The minimum atomic E-state index is -0.266. The molecule has 0 bridgehead atoms. The van der Waals surface area contributed by atoms with E-state index in [4.69, 9.17) is 0 Å². The number of carbonyl (C=O) groups excluding carboxylic acids is 2. The number of likely N-dealkylation sites (tertiary alicyclic amines) is 1. The number of aryl methyl sites for hydroxylation is 2. The molecule has 3 rings (SSSR count). The number of carbonyl (C=O) groups is 2. The Bertz CT molecular complexity index is 599. The number of nitrogens with zero attached hydrogens (tertiary/aromatic N) is 5. The van der Waals surface area contributed by atoms with Crippen LogP contribution in [0, 0.1) is 19.8 Å². The van der Waals surface area contributed by atoms with E-state index in [0.717, 1.165) is 44.1 Å². The molecular formula is C15H24N6O2. The summed E-state index contributed by atoms with van der Waals surface area (Å²) in [6.45, 7) is 7.82. The summed E-state index contributed by atoms with van der Waals surface area (Å²) in [6, 6.07) is -0.266. The molecule has 1 aromatic rings. The monoisotopic (exact) mass is 320 g/mol. The van der Waals surface area contributed by atoms with Crippen molar-refractivity contribution in [2.75, 3.05) is 32.7 Å². The van der Waals surface area contributed by atoms with Crippen LogP contribution in [0.5, 0.6) is 0 Å². The molecule has 0 aromatic carbocycles. The number of aromatic nitrogens is 3. The Labute approximate surface area is 135 Å². The maximum absolute atomic E-state index is 12.2. The highest BCUT2D eigenvalue weighted by molar-refractivity contribution is 5.96. The second-order valence-electron chi connectivity index (χ2n) is 6.41. The molecule has 1 atom stereocenters. The third-order valence-corrected chi connectivity index (χ3v) is 4.51. The van der Waals surface area contributed by atoms with Gasteiger partial charge in [-0.05, 0) is 39.2 Å². The highest BCUT2D eigenvalue weighted by Gasteiger charge is 2.29. The van der Waals surface area contributed by atoms with Crippen LogP contribution in [0.3, 0.4) is 0 Å². The Kier molecular flexibility index (Phi) is 4.61. The molecule has 2 fully saturated rings. The number of nitrogens with one attached hydrogen (secondary N) is 1. The van der Waals surface area contributed by atoms with Gasteiger partial charge in [0.1, 0.15) is 11.6 Å². The molecule has 2 saturated heterocycles. The first-order valence-electron chi connectivity index (χ1n) is 8.21. The lowest BCUT2D eigenvalue weighted by atomic mass is 9.98. The van der Waals surface area contributed by atoms with Crippen molar-refractivity contribution in [3.8, 4) is 0 Å². The van der Waals surface area contributed by atoms with Crippen molar-refractivity contribution >= 4 is 11.9 Å². The van der Waals surface area contributed by atoms with Crippen LogP contribution in [0.4, 0.5) is 4.79 Å². The maximum Gasteiger partial charge on any atom is 0.324 e. The number of imide groups is 1. The molecule has 1 aromatic heterocycles. The van der Waals surface area contributed by atoms with Gasteiger partial charge in [-0.2, -0.15) is 5.10 Å². The SMILES string of the molecule is Cc1nc(C)n(CC2CCCN(CC(=O)N3CCNC3=O)C2)n1. The molecule has 1 unspecified atom stereocenters. The quantitative estimate of drug-likeness (QED) is 0.854. The normalized spacial score (nSPS) is 22.4. The largest absolute Gasteiger partial charge is 0.336 e. The van der Waals surface area contributed by atoms with Gasteiger partial charge in [0.25, 0.3) is 0 Å². The summed E-state index contributed by atoms with van der Waals surface area (Å²) in [5.41, 5.74) is 0. The van der Waals surface area contributed by atoms with Crippen molar-refractivity contribution < 1.29 is 9.59 Å². The Balaban J connectivity index is 1.54. The van der Waals surface area contributed by atoms with Crippen LogP contribution in [0.1, 0.15) is 24.5 Å². The number of urea groups is 1. The molecule has 2 aliphatic rings. The highest BCUT2D eigenvalue weighted by atomic mass is 16.2. The lowest BCUT2D eigenvalue weighted by molar-refractivity contribution is -0.129. The summed E-state index contributed by atoms with van der Waals surface area (Å²) in [6.07, 6.45) is 2.20. The first-order valence-corrected chi connectivity index (χ1v) is 8.21. The van der Waals surface area contributed by atoms with Gasteiger partial charge in [-0.1, -0.05) is 0 Å². The van der Waals surface area contributed by atoms with Gasteiger partial charge >= 0.3 is 6.03 Å². The van der Waals surface area contributed by atoms with Gasteiger partial charge < -0.3 is 5.32 Å². The molecule has 23 heavy (non-hydrogen) atoms. The fourth-order valence-corrected chi connectivity index (χ4v) is 3.41. The summed E-state index contributed by atoms with van der Waals surface area (Å²) in [5.74, 6) is 2.09. The molecule has 0 radical (unpaired) electrons. The molecule has 3 amide bonds. The van der Waals surface area contributed by atoms with Crippen molar-refractivity contribution in [1.82, 2.24) is 29.9 Å². The zero-order valence-corrected chi connectivity index (χ0v) is 13.8. The standard InChI is InChI=1S/C15H24N6O2/c1-11-17-12(2)21(18-11)9-13-4-3-6-19(8-13)10-14(22)20-7-5-16-15(20)23/h13H,3-10H2,1-2H3,(H,16,23). The van der Waals surface area contributed by atoms with E-state index in [-0.39, 0.29) is 11.9 Å². The van der Waals surface area contributed by atoms with E-state index in [1.165, 1.54) is 4.90 Å². The lowest BCUT2D eigenvalue weighted by Gasteiger charge is -2.32. The average Bonchev–Trinajstić information content (AvgIpc) is 3.05. The third-order valence-electron chi connectivity index (χ3n) is 4.51. The zero-order chi connectivity index (χ0) is 16.4. The maximum atomic E-state index is 12.2. The number of piperidine rings is 1. The van der Waals surface area contributed by atoms with Crippen LogP contribution < -0.4 is 5.32 Å². The highest BCUT2D eigenvalue weighted by Crippen LogP contribution is 2.19. The van der Waals surface area contributed by atoms with Crippen LogP contribution in [0.25, 0.3) is 0 Å². The smallest absolute Gasteiger partial charge is 0.324 e. The molecule has 0 aliphatic carbocycles. The van der Waals surface area contributed by atoms with Gasteiger partial charge in [-0.3, -0.25) is 14.6 Å². The Morgan fingerprint density at radius 1 is 1.35 bits per heavy atom. The van der Waals surface area contributed by atoms with E-state index in [2.05, 4.69) is 20.3 Å². The molecule has 8 heteroatoms. The molecule has 3 heterocycles. The van der Waals surface area contributed by atoms with E-state index in [9.17, 15) is 9.59 Å². The number of hydrogen-bond donors (Lipinski definition) is 1. The molecular weight excluding hydrogens is 296 g/mol. The predicted octanol–water partition coefficient (Wildman–Crippen LogP) is 0.159. The number of hydrogen-bond acceptors (Lipinski definition) is 5. The predicted molar refractivity (Wildman–Crippen MR) is 83.8 cm³/mol. The Morgan fingerprint density at radius 2 is 2.17 bits per heavy atom. The second-order valence-corrected chi connectivity index (χ2v) is 6.41.